The van der Waals surface area contributed by atoms with Gasteiger partial charge < -0.3 is 20.3 Å². The number of urea groups is 1. The van der Waals surface area contributed by atoms with Gasteiger partial charge in [0.1, 0.15) is 5.00 Å². The molecule has 2 aliphatic heterocycles. The number of hydrogen-bond donors (Lipinski definition) is 3. The lowest BCUT2D eigenvalue weighted by atomic mass is 10.0. The highest BCUT2D eigenvalue weighted by Crippen LogP contribution is 2.37. The van der Waals surface area contributed by atoms with Gasteiger partial charge in [-0.05, 0) is 57.1 Å². The number of morpholine rings is 1. The van der Waals surface area contributed by atoms with E-state index in [1.54, 1.807) is 0 Å². The van der Waals surface area contributed by atoms with Crippen molar-refractivity contribution in [3.8, 4) is 0 Å². The number of nitrogens with one attached hydrogen (secondary N) is 3. The van der Waals surface area contributed by atoms with Crippen molar-refractivity contribution in [1.29, 1.82) is 0 Å². The van der Waals surface area contributed by atoms with Crippen molar-refractivity contribution < 1.29 is 27.5 Å². The highest BCUT2D eigenvalue weighted by atomic mass is 32.2. The SMILES string of the molecule is CNC(=O)NC(=O)c1c(NC(=O)c2ccc(S(=O)(=O)N3CC(C)OC(C)C3)cc2)sc2c1CCN(C)C2. The molecule has 13 heteroatoms. The molecule has 0 aliphatic carbocycles. The number of anilines is 1. The normalized spacial score (nSPS) is 20.6. The average Bonchev–Trinajstić information content (AvgIpc) is 3.20. The van der Waals surface area contributed by atoms with Crippen LogP contribution < -0.4 is 16.0 Å². The van der Waals surface area contributed by atoms with Gasteiger partial charge in [0.05, 0.1) is 22.7 Å². The van der Waals surface area contributed by atoms with Gasteiger partial charge in [0.2, 0.25) is 10.0 Å². The first-order chi connectivity index (χ1) is 17.5. The van der Waals surface area contributed by atoms with Gasteiger partial charge in [-0.1, -0.05) is 0 Å². The van der Waals surface area contributed by atoms with Gasteiger partial charge in [0.15, 0.2) is 0 Å². The Morgan fingerprint density at radius 3 is 2.32 bits per heavy atom. The third-order valence-electron chi connectivity index (χ3n) is 6.30. The smallest absolute Gasteiger partial charge is 0.321 e. The lowest BCUT2D eigenvalue weighted by molar-refractivity contribution is -0.0440. The zero-order chi connectivity index (χ0) is 26.9. The molecule has 4 amide bonds. The number of carbonyl (C=O) groups excluding carboxylic acids is 3. The summed E-state index contributed by atoms with van der Waals surface area (Å²) in [6, 6.07) is 5.06. The Morgan fingerprint density at radius 2 is 1.70 bits per heavy atom. The topological polar surface area (TPSA) is 137 Å². The van der Waals surface area contributed by atoms with Crippen LogP contribution >= 0.6 is 11.3 Å². The summed E-state index contributed by atoms with van der Waals surface area (Å²) in [6.45, 7) is 5.54. The molecule has 200 valence electrons. The number of fused-ring (bicyclic) bond motifs is 1. The van der Waals surface area contributed by atoms with E-state index in [1.807, 2.05) is 20.9 Å². The van der Waals surface area contributed by atoms with E-state index in [4.69, 9.17) is 4.74 Å². The molecule has 37 heavy (non-hydrogen) atoms. The maximum atomic E-state index is 13.1. The summed E-state index contributed by atoms with van der Waals surface area (Å²) in [5, 5.41) is 7.78. The van der Waals surface area contributed by atoms with Gasteiger partial charge in [0, 0.05) is 43.7 Å². The molecular formula is C24H31N5O6S2. The zero-order valence-corrected chi connectivity index (χ0v) is 22.8. The molecule has 1 aromatic carbocycles. The molecule has 0 radical (unpaired) electrons. The molecule has 1 aromatic heterocycles. The summed E-state index contributed by atoms with van der Waals surface area (Å²) < 4.78 is 33.3. The molecule has 0 bridgehead atoms. The summed E-state index contributed by atoms with van der Waals surface area (Å²) in [4.78, 5) is 40.9. The fourth-order valence-corrected chi connectivity index (χ4v) is 7.43. The van der Waals surface area contributed by atoms with Gasteiger partial charge in [-0.3, -0.25) is 14.9 Å². The number of thiophene rings is 1. The number of sulfonamides is 1. The van der Waals surface area contributed by atoms with Crippen molar-refractivity contribution in [3.63, 3.8) is 0 Å². The predicted octanol–water partition coefficient (Wildman–Crippen LogP) is 1.86. The second kappa shape index (κ2) is 10.9. The van der Waals surface area contributed by atoms with Crippen molar-refractivity contribution in [1.82, 2.24) is 19.8 Å². The molecule has 1 saturated heterocycles. The first-order valence-electron chi connectivity index (χ1n) is 11.9. The van der Waals surface area contributed by atoms with E-state index in [0.29, 0.717) is 18.0 Å². The van der Waals surface area contributed by atoms with Crippen molar-refractivity contribution in [3.05, 3.63) is 45.8 Å². The van der Waals surface area contributed by atoms with Crippen molar-refractivity contribution in [2.75, 3.05) is 39.0 Å². The second-order valence-corrected chi connectivity index (χ2v) is 12.3. The van der Waals surface area contributed by atoms with Crippen LogP contribution in [0.3, 0.4) is 0 Å². The van der Waals surface area contributed by atoms with E-state index in [9.17, 15) is 22.8 Å². The molecular weight excluding hydrogens is 518 g/mol. The Kier molecular flexibility index (Phi) is 7.99. The zero-order valence-electron chi connectivity index (χ0n) is 21.2. The number of carbonyl (C=O) groups is 3. The van der Waals surface area contributed by atoms with Crippen LogP contribution in [-0.2, 0) is 27.7 Å². The van der Waals surface area contributed by atoms with E-state index in [0.717, 1.165) is 17.0 Å². The van der Waals surface area contributed by atoms with Crippen LogP contribution in [0.5, 0.6) is 0 Å². The molecule has 3 heterocycles. The van der Waals surface area contributed by atoms with Crippen LogP contribution in [0.2, 0.25) is 0 Å². The molecule has 4 rings (SSSR count). The van der Waals surface area contributed by atoms with Crippen LogP contribution in [0.4, 0.5) is 9.80 Å². The van der Waals surface area contributed by atoms with Gasteiger partial charge in [-0.2, -0.15) is 4.31 Å². The Balaban J connectivity index is 1.56. The van der Waals surface area contributed by atoms with Crippen molar-refractivity contribution >= 4 is 44.2 Å². The van der Waals surface area contributed by atoms with Crippen molar-refractivity contribution in [2.45, 2.75) is 43.9 Å². The molecule has 0 saturated carbocycles. The number of benzene rings is 1. The fourth-order valence-electron chi connectivity index (χ4n) is 4.52. The third-order valence-corrected chi connectivity index (χ3v) is 9.27. The third kappa shape index (κ3) is 5.85. The number of imide groups is 1. The second-order valence-electron chi connectivity index (χ2n) is 9.29. The van der Waals surface area contributed by atoms with E-state index in [1.165, 1.54) is 47.0 Å². The van der Waals surface area contributed by atoms with Crippen LogP contribution in [0.15, 0.2) is 29.2 Å². The Bertz CT molecular complexity index is 1300. The Hall–Kier alpha value is -2.84. The summed E-state index contributed by atoms with van der Waals surface area (Å²) in [5.74, 6) is -1.08. The van der Waals surface area contributed by atoms with E-state index in [2.05, 4.69) is 20.9 Å². The number of nitrogens with zero attached hydrogens (tertiary/aromatic N) is 2. The first kappa shape index (κ1) is 27.2. The van der Waals surface area contributed by atoms with Crippen LogP contribution in [0, 0.1) is 0 Å². The maximum absolute atomic E-state index is 13.1. The average molecular weight is 550 g/mol. The van der Waals surface area contributed by atoms with Crippen LogP contribution in [-0.4, -0.2) is 81.4 Å². The standard InChI is InChI=1S/C24H31N5O6S2/c1-14-11-29(12-15(2)35-14)37(33,34)17-7-5-16(6-8-17)21(30)26-23-20(22(31)27-24(32)25-3)18-9-10-28(4)13-19(18)36-23/h5-8,14-15H,9-13H2,1-4H3,(H,26,30)(H2,25,27,31,32). The number of rotatable bonds is 5. The number of likely N-dealkylation sites (N-methyl/N-ethyl adjacent to an activating group) is 1. The predicted molar refractivity (Wildman–Crippen MR) is 139 cm³/mol. The summed E-state index contributed by atoms with van der Waals surface area (Å²) in [5.41, 5.74) is 1.33. The van der Waals surface area contributed by atoms with E-state index in [-0.39, 0.29) is 41.3 Å². The number of hydrogen-bond acceptors (Lipinski definition) is 8. The van der Waals surface area contributed by atoms with E-state index < -0.39 is 27.9 Å². The highest BCUT2D eigenvalue weighted by molar-refractivity contribution is 7.89. The monoisotopic (exact) mass is 549 g/mol. The van der Waals surface area contributed by atoms with Gasteiger partial charge in [-0.15, -0.1) is 11.3 Å². The summed E-state index contributed by atoms with van der Waals surface area (Å²) in [6.07, 6.45) is 0.185. The molecule has 1 fully saturated rings. The number of ether oxygens (including phenoxy) is 1. The molecule has 2 atom stereocenters. The quantitative estimate of drug-likeness (QED) is 0.518. The summed E-state index contributed by atoms with van der Waals surface area (Å²) in [7, 11) is -0.359. The molecule has 0 spiro atoms. The molecule has 3 N–H and O–H groups in total. The van der Waals surface area contributed by atoms with Gasteiger partial charge in [0.25, 0.3) is 11.8 Å². The van der Waals surface area contributed by atoms with E-state index >= 15 is 0 Å². The van der Waals surface area contributed by atoms with Gasteiger partial charge in [-0.25, -0.2) is 13.2 Å². The number of amides is 4. The fraction of sp³-hybridized carbons (Fsp3) is 0.458. The molecule has 2 aromatic rings. The van der Waals surface area contributed by atoms with Crippen LogP contribution in [0.1, 0.15) is 45.0 Å². The minimum absolute atomic E-state index is 0.0885. The largest absolute Gasteiger partial charge is 0.373 e. The molecule has 2 aliphatic rings. The van der Waals surface area contributed by atoms with Crippen molar-refractivity contribution in [2.24, 2.45) is 0 Å². The molecule has 11 nitrogen and oxygen atoms in total. The highest BCUT2D eigenvalue weighted by Gasteiger charge is 2.33. The minimum Gasteiger partial charge on any atom is -0.373 e. The minimum atomic E-state index is -3.74. The van der Waals surface area contributed by atoms with Crippen LogP contribution in [0.25, 0.3) is 0 Å². The maximum Gasteiger partial charge on any atom is 0.321 e. The lowest BCUT2D eigenvalue weighted by Crippen LogP contribution is -2.48. The summed E-state index contributed by atoms with van der Waals surface area (Å²) >= 11 is 1.30. The first-order valence-corrected chi connectivity index (χ1v) is 14.2. The Morgan fingerprint density at radius 1 is 1.05 bits per heavy atom. The lowest BCUT2D eigenvalue weighted by Gasteiger charge is -2.34. The Labute approximate surface area is 220 Å². The van der Waals surface area contributed by atoms with Gasteiger partial charge >= 0.3 is 6.03 Å². The molecule has 2 unspecified atom stereocenters.